The molecule has 2 atom stereocenters. The van der Waals surface area contributed by atoms with Crippen molar-refractivity contribution in [3.8, 4) is 11.3 Å². The molecule has 2 rings (SSSR count). The zero-order valence-electron chi connectivity index (χ0n) is 11.9. The van der Waals surface area contributed by atoms with Crippen LogP contribution in [-0.2, 0) is 0 Å². The Morgan fingerprint density at radius 1 is 1.38 bits per heavy atom. The molecule has 3 N–H and O–H groups in total. The molecule has 0 aliphatic heterocycles. The van der Waals surface area contributed by atoms with Gasteiger partial charge >= 0.3 is 0 Å². The molecule has 1 amide bonds. The summed E-state index contributed by atoms with van der Waals surface area (Å²) in [6.07, 6.45) is 0. The van der Waals surface area contributed by atoms with Gasteiger partial charge in [-0.3, -0.25) is 9.89 Å². The van der Waals surface area contributed by atoms with E-state index in [1.807, 2.05) is 13.8 Å². The van der Waals surface area contributed by atoms with E-state index in [9.17, 15) is 9.18 Å². The van der Waals surface area contributed by atoms with Crippen LogP contribution in [-0.4, -0.2) is 33.9 Å². The molecule has 1 aromatic heterocycles. The Kier molecular flexibility index (Phi) is 4.70. The van der Waals surface area contributed by atoms with Gasteiger partial charge in [-0.15, -0.1) is 0 Å². The highest BCUT2D eigenvalue weighted by Gasteiger charge is 2.17. The molecule has 0 radical (unpaired) electrons. The molecule has 1 aromatic carbocycles. The Morgan fingerprint density at radius 3 is 2.67 bits per heavy atom. The number of carbonyl (C=O) groups excluding carboxylic acids is 1. The van der Waals surface area contributed by atoms with Crippen LogP contribution in [0.4, 0.5) is 4.39 Å². The van der Waals surface area contributed by atoms with Gasteiger partial charge in [0, 0.05) is 18.2 Å². The molecule has 1 heterocycles. The topological polar surface area (TPSA) is 78.0 Å². The van der Waals surface area contributed by atoms with Crippen molar-refractivity contribution in [1.82, 2.24) is 15.5 Å². The molecule has 0 aliphatic carbocycles. The lowest BCUT2D eigenvalue weighted by Gasteiger charge is -2.18. The third-order valence-corrected chi connectivity index (χ3v) is 3.46. The van der Waals surface area contributed by atoms with E-state index in [1.165, 1.54) is 12.1 Å². The minimum absolute atomic E-state index is 0.00521. The fraction of sp³-hybridized carbons (Fsp3) is 0.333. The Labute approximate surface area is 122 Å². The largest absolute Gasteiger partial charge is 0.396 e. The van der Waals surface area contributed by atoms with Crippen molar-refractivity contribution in [2.24, 2.45) is 5.92 Å². The van der Waals surface area contributed by atoms with Gasteiger partial charge in [0.25, 0.3) is 5.91 Å². The normalized spacial score (nSPS) is 13.7. The first-order valence-corrected chi connectivity index (χ1v) is 6.74. The lowest BCUT2D eigenvalue weighted by molar-refractivity contribution is 0.0911. The van der Waals surface area contributed by atoms with Crippen LogP contribution in [0.5, 0.6) is 0 Å². The summed E-state index contributed by atoms with van der Waals surface area (Å²) in [7, 11) is 0. The van der Waals surface area contributed by atoms with E-state index in [-0.39, 0.29) is 30.3 Å². The van der Waals surface area contributed by atoms with E-state index in [0.717, 1.165) is 5.56 Å². The van der Waals surface area contributed by atoms with Crippen molar-refractivity contribution >= 4 is 5.91 Å². The lowest BCUT2D eigenvalue weighted by atomic mass is 10.1. The molecule has 0 saturated carbocycles. The number of hydrogen-bond donors (Lipinski definition) is 3. The number of nitrogens with zero attached hydrogens (tertiary/aromatic N) is 1. The summed E-state index contributed by atoms with van der Waals surface area (Å²) in [4.78, 5) is 12.1. The van der Waals surface area contributed by atoms with Gasteiger partial charge in [0.15, 0.2) is 0 Å². The van der Waals surface area contributed by atoms with E-state index in [4.69, 9.17) is 5.11 Å². The quantitative estimate of drug-likeness (QED) is 0.788. The lowest BCUT2D eigenvalue weighted by Crippen LogP contribution is -2.38. The van der Waals surface area contributed by atoms with Crippen LogP contribution in [0.1, 0.15) is 24.3 Å². The standard InChI is InChI=1S/C15H18FN3O2/c1-9(8-20)10(2)17-15(21)14-7-13(18-19-14)11-3-5-12(16)6-4-11/h3-7,9-10,20H,8H2,1-2H3,(H,17,21)(H,18,19). The van der Waals surface area contributed by atoms with E-state index in [0.29, 0.717) is 11.4 Å². The Bertz CT molecular complexity index is 610. The molecule has 21 heavy (non-hydrogen) atoms. The number of amides is 1. The van der Waals surface area contributed by atoms with Crippen LogP contribution in [0.15, 0.2) is 30.3 Å². The van der Waals surface area contributed by atoms with Crippen molar-refractivity contribution in [3.05, 3.63) is 41.8 Å². The van der Waals surface area contributed by atoms with Gasteiger partial charge in [0.1, 0.15) is 11.5 Å². The van der Waals surface area contributed by atoms with Gasteiger partial charge in [0.2, 0.25) is 0 Å². The molecule has 0 fully saturated rings. The fourth-order valence-electron chi connectivity index (χ4n) is 1.79. The highest BCUT2D eigenvalue weighted by Crippen LogP contribution is 2.18. The zero-order chi connectivity index (χ0) is 15.4. The van der Waals surface area contributed by atoms with Crippen LogP contribution in [0.2, 0.25) is 0 Å². The van der Waals surface area contributed by atoms with Gasteiger partial charge in [0.05, 0.1) is 5.69 Å². The Balaban J connectivity index is 2.09. The molecular formula is C15H18FN3O2. The number of aliphatic hydroxyl groups excluding tert-OH is 1. The summed E-state index contributed by atoms with van der Waals surface area (Å²) in [5.41, 5.74) is 1.62. The summed E-state index contributed by atoms with van der Waals surface area (Å²) < 4.78 is 12.9. The highest BCUT2D eigenvalue weighted by molar-refractivity contribution is 5.93. The van der Waals surface area contributed by atoms with E-state index in [2.05, 4.69) is 15.5 Å². The first-order valence-electron chi connectivity index (χ1n) is 6.74. The van der Waals surface area contributed by atoms with Crippen molar-refractivity contribution in [1.29, 1.82) is 0 Å². The predicted octanol–water partition coefficient (Wildman–Crippen LogP) is 1.96. The molecular weight excluding hydrogens is 273 g/mol. The second-order valence-corrected chi connectivity index (χ2v) is 5.10. The van der Waals surface area contributed by atoms with Crippen LogP contribution >= 0.6 is 0 Å². The summed E-state index contributed by atoms with van der Waals surface area (Å²) in [6, 6.07) is 7.34. The summed E-state index contributed by atoms with van der Waals surface area (Å²) in [5.74, 6) is -0.642. The van der Waals surface area contributed by atoms with E-state index >= 15 is 0 Å². The molecule has 5 nitrogen and oxygen atoms in total. The second-order valence-electron chi connectivity index (χ2n) is 5.10. The van der Waals surface area contributed by atoms with Gasteiger partial charge in [-0.25, -0.2) is 4.39 Å². The third-order valence-electron chi connectivity index (χ3n) is 3.46. The number of nitrogens with one attached hydrogen (secondary N) is 2. The monoisotopic (exact) mass is 291 g/mol. The molecule has 0 saturated heterocycles. The molecule has 0 bridgehead atoms. The Hall–Kier alpha value is -2.21. The summed E-state index contributed by atoms with van der Waals surface area (Å²) in [6.45, 7) is 3.68. The summed E-state index contributed by atoms with van der Waals surface area (Å²) >= 11 is 0. The molecule has 6 heteroatoms. The minimum Gasteiger partial charge on any atom is -0.396 e. The number of H-pyrrole nitrogens is 1. The first-order chi connectivity index (χ1) is 10.0. The number of hydrogen-bond acceptors (Lipinski definition) is 3. The van der Waals surface area contributed by atoms with Gasteiger partial charge < -0.3 is 10.4 Å². The maximum absolute atomic E-state index is 12.9. The third kappa shape index (κ3) is 3.66. The number of halogens is 1. The average molecular weight is 291 g/mol. The predicted molar refractivity (Wildman–Crippen MR) is 77.2 cm³/mol. The molecule has 0 aliphatic rings. The maximum atomic E-state index is 12.9. The number of aliphatic hydroxyl groups is 1. The Morgan fingerprint density at radius 2 is 2.05 bits per heavy atom. The van der Waals surface area contributed by atoms with Gasteiger partial charge in [-0.05, 0) is 43.2 Å². The van der Waals surface area contributed by atoms with Crippen molar-refractivity contribution in [2.75, 3.05) is 6.61 Å². The summed E-state index contributed by atoms with van der Waals surface area (Å²) in [5, 5.41) is 18.6. The highest BCUT2D eigenvalue weighted by atomic mass is 19.1. The van der Waals surface area contributed by atoms with Crippen LogP contribution < -0.4 is 5.32 Å². The molecule has 112 valence electrons. The van der Waals surface area contributed by atoms with Crippen molar-refractivity contribution < 1.29 is 14.3 Å². The zero-order valence-corrected chi connectivity index (χ0v) is 11.9. The van der Waals surface area contributed by atoms with Crippen LogP contribution in [0, 0.1) is 11.7 Å². The molecule has 2 aromatic rings. The average Bonchev–Trinajstić information content (AvgIpc) is 2.97. The number of rotatable bonds is 5. The fourth-order valence-corrected chi connectivity index (χ4v) is 1.79. The minimum atomic E-state index is -0.320. The smallest absolute Gasteiger partial charge is 0.269 e. The number of aromatic amines is 1. The first kappa shape index (κ1) is 15.2. The maximum Gasteiger partial charge on any atom is 0.269 e. The number of benzene rings is 1. The molecule has 2 unspecified atom stereocenters. The van der Waals surface area contributed by atoms with E-state index in [1.54, 1.807) is 18.2 Å². The second kappa shape index (κ2) is 6.49. The van der Waals surface area contributed by atoms with Crippen molar-refractivity contribution in [2.45, 2.75) is 19.9 Å². The number of aromatic nitrogens is 2. The van der Waals surface area contributed by atoms with E-state index < -0.39 is 0 Å². The van der Waals surface area contributed by atoms with Gasteiger partial charge in [-0.2, -0.15) is 5.10 Å². The van der Waals surface area contributed by atoms with Crippen molar-refractivity contribution in [3.63, 3.8) is 0 Å². The molecule has 0 spiro atoms. The number of carbonyl (C=O) groups is 1. The van der Waals surface area contributed by atoms with Gasteiger partial charge in [-0.1, -0.05) is 6.92 Å². The SMILES string of the molecule is CC(CO)C(C)NC(=O)c1cc(-c2ccc(F)cc2)n[nH]1. The van der Waals surface area contributed by atoms with Crippen LogP contribution in [0.3, 0.4) is 0 Å². The van der Waals surface area contributed by atoms with Crippen LogP contribution in [0.25, 0.3) is 11.3 Å².